The van der Waals surface area contributed by atoms with Crippen LogP contribution in [0.3, 0.4) is 0 Å². The van der Waals surface area contributed by atoms with Gasteiger partial charge in [0.1, 0.15) is 17.2 Å². The highest BCUT2D eigenvalue weighted by Gasteiger charge is 2.08. The number of benzene rings is 1. The third-order valence-corrected chi connectivity index (χ3v) is 1.97. The highest BCUT2D eigenvalue weighted by Crippen LogP contribution is 2.29. The van der Waals surface area contributed by atoms with Crippen molar-refractivity contribution >= 4 is 0 Å². The Bertz CT molecular complexity index is 301. The Morgan fingerprint density at radius 1 is 0.556 bits per heavy atom. The predicted molar refractivity (Wildman–Crippen MR) is 73.7 cm³/mol. The zero-order chi connectivity index (χ0) is 13.7. The highest BCUT2D eigenvalue weighted by atomic mass is 16.5. The number of rotatable bonds is 6. The van der Waals surface area contributed by atoms with Gasteiger partial charge in [-0.05, 0) is 41.5 Å². The first-order valence-corrected chi connectivity index (χ1v) is 6.52. The Morgan fingerprint density at radius 3 is 0.944 bits per heavy atom. The first-order valence-electron chi connectivity index (χ1n) is 6.52. The molecule has 0 bridgehead atoms. The molecule has 3 nitrogen and oxygen atoms in total. The van der Waals surface area contributed by atoms with Crippen molar-refractivity contribution in [1.82, 2.24) is 0 Å². The summed E-state index contributed by atoms with van der Waals surface area (Å²) in [6, 6.07) is 5.69. The van der Waals surface area contributed by atoms with Gasteiger partial charge in [0.2, 0.25) is 0 Å². The van der Waals surface area contributed by atoms with Crippen molar-refractivity contribution < 1.29 is 14.2 Å². The molecule has 18 heavy (non-hydrogen) atoms. The Kier molecular flexibility index (Phi) is 5.32. The van der Waals surface area contributed by atoms with E-state index in [0.29, 0.717) is 0 Å². The summed E-state index contributed by atoms with van der Waals surface area (Å²) in [5.74, 6) is 2.33. The van der Waals surface area contributed by atoms with Crippen LogP contribution < -0.4 is 14.2 Å². The molecule has 0 atom stereocenters. The number of hydrogen-bond donors (Lipinski definition) is 0. The minimum atomic E-state index is 0.131. The highest BCUT2D eigenvalue weighted by molar-refractivity contribution is 5.42. The van der Waals surface area contributed by atoms with Gasteiger partial charge in [0, 0.05) is 18.2 Å². The Balaban J connectivity index is 2.95. The van der Waals surface area contributed by atoms with Crippen LogP contribution in [0.5, 0.6) is 17.2 Å². The van der Waals surface area contributed by atoms with E-state index in [-0.39, 0.29) is 18.3 Å². The van der Waals surface area contributed by atoms with Crippen LogP contribution >= 0.6 is 0 Å². The second-order valence-electron chi connectivity index (χ2n) is 5.14. The lowest BCUT2D eigenvalue weighted by Crippen LogP contribution is -2.10. The van der Waals surface area contributed by atoms with E-state index in [1.165, 1.54) is 0 Å². The molecule has 1 rings (SSSR count). The van der Waals surface area contributed by atoms with Crippen LogP contribution in [0.25, 0.3) is 0 Å². The molecule has 0 fully saturated rings. The van der Waals surface area contributed by atoms with Gasteiger partial charge < -0.3 is 14.2 Å². The van der Waals surface area contributed by atoms with E-state index < -0.39 is 0 Å². The molecule has 0 N–H and O–H groups in total. The normalized spacial score (nSPS) is 11.2. The van der Waals surface area contributed by atoms with E-state index in [0.717, 1.165) is 17.2 Å². The molecular formula is C15H24O3. The van der Waals surface area contributed by atoms with Crippen LogP contribution in [0.4, 0.5) is 0 Å². The number of hydrogen-bond acceptors (Lipinski definition) is 3. The summed E-state index contributed by atoms with van der Waals surface area (Å²) in [7, 11) is 0. The van der Waals surface area contributed by atoms with Crippen LogP contribution in [0.2, 0.25) is 0 Å². The second kappa shape index (κ2) is 6.53. The molecule has 0 saturated heterocycles. The summed E-state index contributed by atoms with van der Waals surface area (Å²) in [5, 5.41) is 0. The molecule has 102 valence electrons. The average Bonchev–Trinajstić information content (AvgIpc) is 2.12. The quantitative estimate of drug-likeness (QED) is 0.764. The van der Waals surface area contributed by atoms with Crippen molar-refractivity contribution in [1.29, 1.82) is 0 Å². The molecule has 0 spiro atoms. The molecule has 0 amide bonds. The summed E-state index contributed by atoms with van der Waals surface area (Å²) < 4.78 is 17.1. The van der Waals surface area contributed by atoms with Gasteiger partial charge in [0.25, 0.3) is 0 Å². The van der Waals surface area contributed by atoms with Crippen molar-refractivity contribution in [2.75, 3.05) is 0 Å². The summed E-state index contributed by atoms with van der Waals surface area (Å²) in [4.78, 5) is 0. The molecule has 1 aromatic rings. The SMILES string of the molecule is CC(C)Oc1cc(OC(C)C)cc(OC(C)C)c1. The van der Waals surface area contributed by atoms with E-state index >= 15 is 0 Å². The van der Waals surface area contributed by atoms with Gasteiger partial charge in [-0.2, -0.15) is 0 Å². The first kappa shape index (κ1) is 14.7. The van der Waals surface area contributed by atoms with Gasteiger partial charge in [-0.25, -0.2) is 0 Å². The maximum absolute atomic E-state index is 5.70. The molecule has 0 heterocycles. The largest absolute Gasteiger partial charge is 0.491 e. The minimum Gasteiger partial charge on any atom is -0.491 e. The molecule has 0 aliphatic heterocycles. The van der Waals surface area contributed by atoms with Gasteiger partial charge in [-0.1, -0.05) is 0 Å². The molecule has 0 radical (unpaired) electrons. The standard InChI is InChI=1S/C15H24O3/c1-10(2)16-13-7-14(17-11(3)4)9-15(8-13)18-12(5)6/h7-12H,1-6H3. The van der Waals surface area contributed by atoms with Crippen LogP contribution in [0, 0.1) is 0 Å². The zero-order valence-corrected chi connectivity index (χ0v) is 12.2. The number of ether oxygens (including phenoxy) is 3. The van der Waals surface area contributed by atoms with Crippen LogP contribution in [0.15, 0.2) is 18.2 Å². The molecule has 0 aliphatic rings. The van der Waals surface area contributed by atoms with E-state index in [1.54, 1.807) is 0 Å². The summed E-state index contributed by atoms with van der Waals surface area (Å²) >= 11 is 0. The monoisotopic (exact) mass is 252 g/mol. The lowest BCUT2D eigenvalue weighted by molar-refractivity contribution is 0.216. The third kappa shape index (κ3) is 5.30. The topological polar surface area (TPSA) is 27.7 Å². The predicted octanol–water partition coefficient (Wildman–Crippen LogP) is 4.05. The minimum absolute atomic E-state index is 0.131. The fourth-order valence-electron chi connectivity index (χ4n) is 1.57. The van der Waals surface area contributed by atoms with Crippen LogP contribution in [-0.2, 0) is 0 Å². The maximum Gasteiger partial charge on any atom is 0.127 e. The van der Waals surface area contributed by atoms with Gasteiger partial charge in [0.15, 0.2) is 0 Å². The summed E-state index contributed by atoms with van der Waals surface area (Å²) in [6.45, 7) is 12.0. The molecule has 3 heteroatoms. The van der Waals surface area contributed by atoms with Crippen molar-refractivity contribution in [3.8, 4) is 17.2 Å². The third-order valence-electron chi connectivity index (χ3n) is 1.97. The van der Waals surface area contributed by atoms with E-state index in [2.05, 4.69) is 0 Å². The Labute approximate surface area is 110 Å². The van der Waals surface area contributed by atoms with Gasteiger partial charge in [0.05, 0.1) is 18.3 Å². The van der Waals surface area contributed by atoms with E-state index in [1.807, 2.05) is 59.7 Å². The van der Waals surface area contributed by atoms with Crippen molar-refractivity contribution in [3.63, 3.8) is 0 Å². The lowest BCUT2D eigenvalue weighted by atomic mass is 10.3. The summed E-state index contributed by atoms with van der Waals surface area (Å²) in [5.41, 5.74) is 0. The van der Waals surface area contributed by atoms with Gasteiger partial charge in [-0.3, -0.25) is 0 Å². The van der Waals surface area contributed by atoms with Crippen LogP contribution in [0.1, 0.15) is 41.5 Å². The first-order chi connectivity index (χ1) is 8.36. The fourth-order valence-corrected chi connectivity index (χ4v) is 1.57. The van der Waals surface area contributed by atoms with Crippen molar-refractivity contribution in [2.45, 2.75) is 59.9 Å². The van der Waals surface area contributed by atoms with Gasteiger partial charge >= 0.3 is 0 Å². The smallest absolute Gasteiger partial charge is 0.127 e. The molecule has 0 aliphatic carbocycles. The second-order valence-corrected chi connectivity index (χ2v) is 5.14. The zero-order valence-electron chi connectivity index (χ0n) is 12.2. The van der Waals surface area contributed by atoms with Gasteiger partial charge in [-0.15, -0.1) is 0 Å². The fraction of sp³-hybridized carbons (Fsp3) is 0.600. The van der Waals surface area contributed by atoms with E-state index in [9.17, 15) is 0 Å². The maximum atomic E-state index is 5.70. The van der Waals surface area contributed by atoms with Crippen LogP contribution in [-0.4, -0.2) is 18.3 Å². The molecule has 0 aromatic heterocycles. The Hall–Kier alpha value is -1.38. The molecule has 0 saturated carbocycles. The lowest BCUT2D eigenvalue weighted by Gasteiger charge is -2.17. The Morgan fingerprint density at radius 2 is 0.778 bits per heavy atom. The summed E-state index contributed by atoms with van der Waals surface area (Å²) in [6.07, 6.45) is 0.392. The molecular weight excluding hydrogens is 228 g/mol. The molecule has 0 unspecified atom stereocenters. The average molecular weight is 252 g/mol. The van der Waals surface area contributed by atoms with Crippen molar-refractivity contribution in [3.05, 3.63) is 18.2 Å². The molecule has 1 aromatic carbocycles. The van der Waals surface area contributed by atoms with E-state index in [4.69, 9.17) is 14.2 Å². The van der Waals surface area contributed by atoms with Crippen molar-refractivity contribution in [2.24, 2.45) is 0 Å².